The molecule has 0 spiro atoms. The van der Waals surface area contributed by atoms with E-state index >= 15 is 0 Å². The summed E-state index contributed by atoms with van der Waals surface area (Å²) in [6, 6.07) is 7.55. The zero-order chi connectivity index (χ0) is 17.3. The van der Waals surface area contributed by atoms with Gasteiger partial charge in [0.2, 0.25) is 11.1 Å². The second-order valence-corrected chi connectivity index (χ2v) is 6.71. The highest BCUT2D eigenvalue weighted by Gasteiger charge is 2.18. The minimum atomic E-state index is -0.408. The van der Waals surface area contributed by atoms with Crippen LogP contribution in [0, 0.1) is 19.7 Å². The SMILES string of the molecule is Cc1cc(C)n2nc(S[C@@H](C)C(=O)Nc3ccc(F)cc3)nc2n1. The molecule has 6 nitrogen and oxygen atoms in total. The van der Waals surface area contributed by atoms with Crippen LogP contribution in [0.2, 0.25) is 0 Å². The molecule has 3 rings (SSSR count). The van der Waals surface area contributed by atoms with Crippen molar-refractivity contribution in [1.29, 1.82) is 0 Å². The minimum absolute atomic E-state index is 0.202. The molecule has 0 aliphatic carbocycles. The molecule has 0 fully saturated rings. The molecule has 2 heterocycles. The molecule has 1 N–H and O–H groups in total. The molecule has 0 saturated carbocycles. The molecule has 0 aliphatic heterocycles. The van der Waals surface area contributed by atoms with Gasteiger partial charge in [-0.15, -0.1) is 5.10 Å². The number of thioether (sulfide) groups is 1. The first-order valence-corrected chi connectivity index (χ1v) is 8.24. The van der Waals surface area contributed by atoms with E-state index in [4.69, 9.17) is 0 Å². The van der Waals surface area contributed by atoms with Crippen molar-refractivity contribution in [2.45, 2.75) is 31.2 Å². The van der Waals surface area contributed by atoms with E-state index < -0.39 is 5.25 Å². The van der Waals surface area contributed by atoms with Crippen molar-refractivity contribution in [2.75, 3.05) is 5.32 Å². The smallest absolute Gasteiger partial charge is 0.253 e. The van der Waals surface area contributed by atoms with Crippen molar-refractivity contribution in [3.8, 4) is 0 Å². The fraction of sp³-hybridized carbons (Fsp3) is 0.250. The first kappa shape index (κ1) is 16.4. The van der Waals surface area contributed by atoms with Crippen LogP contribution in [0.15, 0.2) is 35.5 Å². The molecular weight excluding hydrogens is 329 g/mol. The molecule has 2 aromatic heterocycles. The summed E-state index contributed by atoms with van der Waals surface area (Å²) in [5.41, 5.74) is 2.34. The normalized spacial score (nSPS) is 12.3. The number of benzene rings is 1. The van der Waals surface area contributed by atoms with Gasteiger partial charge < -0.3 is 5.32 Å². The predicted octanol–water partition coefficient (Wildman–Crippen LogP) is 3.00. The summed E-state index contributed by atoms with van der Waals surface area (Å²) in [6.07, 6.45) is 0. The predicted molar refractivity (Wildman–Crippen MR) is 90.6 cm³/mol. The minimum Gasteiger partial charge on any atom is -0.325 e. The molecular formula is C16H16FN5OS. The monoisotopic (exact) mass is 345 g/mol. The molecule has 3 aromatic rings. The lowest BCUT2D eigenvalue weighted by molar-refractivity contribution is -0.115. The average Bonchev–Trinajstić information content (AvgIpc) is 2.92. The Morgan fingerprint density at radius 1 is 1.25 bits per heavy atom. The van der Waals surface area contributed by atoms with Crippen LogP contribution < -0.4 is 5.32 Å². The molecule has 0 bridgehead atoms. The van der Waals surface area contributed by atoms with E-state index in [0.29, 0.717) is 16.6 Å². The Labute approximate surface area is 142 Å². The van der Waals surface area contributed by atoms with Gasteiger partial charge in [-0.05, 0) is 51.1 Å². The topological polar surface area (TPSA) is 72.2 Å². The number of halogens is 1. The fourth-order valence-electron chi connectivity index (χ4n) is 2.19. The van der Waals surface area contributed by atoms with Crippen molar-refractivity contribution in [3.63, 3.8) is 0 Å². The number of carbonyl (C=O) groups excluding carboxylic acids is 1. The summed E-state index contributed by atoms with van der Waals surface area (Å²) in [6.45, 7) is 5.59. The van der Waals surface area contributed by atoms with E-state index in [-0.39, 0.29) is 11.7 Å². The van der Waals surface area contributed by atoms with Crippen LogP contribution in [0.25, 0.3) is 5.78 Å². The molecule has 0 saturated heterocycles. The Hall–Kier alpha value is -2.48. The second-order valence-electron chi connectivity index (χ2n) is 5.40. The van der Waals surface area contributed by atoms with E-state index in [1.165, 1.54) is 36.0 Å². The number of rotatable bonds is 4. The van der Waals surface area contributed by atoms with Gasteiger partial charge in [0.05, 0.1) is 5.25 Å². The molecule has 124 valence electrons. The number of carbonyl (C=O) groups is 1. The van der Waals surface area contributed by atoms with Crippen LogP contribution >= 0.6 is 11.8 Å². The van der Waals surface area contributed by atoms with Gasteiger partial charge in [0.25, 0.3) is 5.78 Å². The van der Waals surface area contributed by atoms with Crippen LogP contribution in [0.4, 0.5) is 10.1 Å². The molecule has 1 amide bonds. The number of fused-ring (bicyclic) bond motifs is 1. The first-order valence-electron chi connectivity index (χ1n) is 7.36. The van der Waals surface area contributed by atoms with E-state index in [2.05, 4.69) is 20.4 Å². The van der Waals surface area contributed by atoms with Crippen molar-refractivity contribution in [2.24, 2.45) is 0 Å². The van der Waals surface area contributed by atoms with Gasteiger partial charge >= 0.3 is 0 Å². The van der Waals surface area contributed by atoms with E-state index in [1.54, 1.807) is 11.4 Å². The highest BCUT2D eigenvalue weighted by Crippen LogP contribution is 2.22. The van der Waals surface area contributed by atoms with Gasteiger partial charge in [-0.1, -0.05) is 11.8 Å². The number of aromatic nitrogens is 4. The number of nitrogens with one attached hydrogen (secondary N) is 1. The summed E-state index contributed by atoms with van der Waals surface area (Å²) < 4.78 is 14.5. The van der Waals surface area contributed by atoms with E-state index in [9.17, 15) is 9.18 Å². The lowest BCUT2D eigenvalue weighted by atomic mass is 10.3. The maximum atomic E-state index is 12.9. The fourth-order valence-corrected chi connectivity index (χ4v) is 2.93. The van der Waals surface area contributed by atoms with Crippen LogP contribution in [0.5, 0.6) is 0 Å². The Morgan fingerprint density at radius 2 is 1.96 bits per heavy atom. The van der Waals surface area contributed by atoms with Crippen molar-refractivity contribution in [3.05, 3.63) is 47.5 Å². The molecule has 8 heteroatoms. The maximum Gasteiger partial charge on any atom is 0.253 e. The number of hydrogen-bond acceptors (Lipinski definition) is 5. The molecule has 1 aromatic carbocycles. The molecule has 0 unspecified atom stereocenters. The third-order valence-corrected chi connectivity index (χ3v) is 4.31. The van der Waals surface area contributed by atoms with Crippen LogP contribution in [0.1, 0.15) is 18.3 Å². The maximum absolute atomic E-state index is 12.9. The summed E-state index contributed by atoms with van der Waals surface area (Å²) in [5, 5.41) is 7.19. The summed E-state index contributed by atoms with van der Waals surface area (Å²) >= 11 is 1.25. The number of amides is 1. The van der Waals surface area contributed by atoms with Gasteiger partial charge in [-0.3, -0.25) is 4.79 Å². The van der Waals surface area contributed by atoms with Gasteiger partial charge in [0.1, 0.15) is 5.82 Å². The lowest BCUT2D eigenvalue weighted by Gasteiger charge is -2.09. The summed E-state index contributed by atoms with van der Waals surface area (Å²) in [4.78, 5) is 20.9. The standard InChI is InChI=1S/C16H16FN5OS/c1-9-8-10(2)22-15(18-9)20-16(21-22)24-11(3)14(23)19-13-6-4-12(17)5-7-13/h4-8,11H,1-3H3,(H,19,23)/t11-/m0/s1. The molecule has 1 atom stereocenters. The summed E-state index contributed by atoms with van der Waals surface area (Å²) in [5.74, 6) is -0.0324. The first-order chi connectivity index (χ1) is 11.4. The molecule has 0 radical (unpaired) electrons. The van der Waals surface area contributed by atoms with Gasteiger partial charge in [0, 0.05) is 17.1 Å². The van der Waals surface area contributed by atoms with Gasteiger partial charge in [0.15, 0.2) is 0 Å². The number of aryl methyl sites for hydroxylation is 2. The zero-order valence-corrected chi connectivity index (χ0v) is 14.3. The van der Waals surface area contributed by atoms with Crippen LogP contribution in [0.3, 0.4) is 0 Å². The molecule has 24 heavy (non-hydrogen) atoms. The lowest BCUT2D eigenvalue weighted by Crippen LogP contribution is -2.22. The van der Waals surface area contributed by atoms with E-state index in [0.717, 1.165) is 11.4 Å². The quantitative estimate of drug-likeness (QED) is 0.736. The van der Waals surface area contributed by atoms with Crippen molar-refractivity contribution in [1.82, 2.24) is 19.6 Å². The molecule has 0 aliphatic rings. The Kier molecular flexibility index (Phi) is 4.48. The Balaban J connectivity index is 1.72. The number of nitrogens with zero attached hydrogens (tertiary/aromatic N) is 4. The third kappa shape index (κ3) is 3.53. The summed E-state index contributed by atoms with van der Waals surface area (Å²) in [7, 11) is 0. The Morgan fingerprint density at radius 3 is 2.67 bits per heavy atom. The van der Waals surface area contributed by atoms with Gasteiger partial charge in [-0.2, -0.15) is 4.98 Å². The van der Waals surface area contributed by atoms with Crippen LogP contribution in [-0.4, -0.2) is 30.7 Å². The largest absolute Gasteiger partial charge is 0.325 e. The third-order valence-electron chi connectivity index (χ3n) is 3.36. The zero-order valence-electron chi connectivity index (χ0n) is 13.4. The second kappa shape index (κ2) is 6.56. The number of hydrogen-bond donors (Lipinski definition) is 1. The average molecular weight is 345 g/mol. The van der Waals surface area contributed by atoms with Crippen LogP contribution in [-0.2, 0) is 4.79 Å². The van der Waals surface area contributed by atoms with Crippen molar-refractivity contribution < 1.29 is 9.18 Å². The van der Waals surface area contributed by atoms with Gasteiger partial charge in [-0.25, -0.2) is 13.9 Å². The Bertz CT molecular complexity index is 893. The van der Waals surface area contributed by atoms with E-state index in [1.807, 2.05) is 19.9 Å². The highest BCUT2D eigenvalue weighted by molar-refractivity contribution is 8.00. The number of anilines is 1. The highest BCUT2D eigenvalue weighted by atomic mass is 32.2. The van der Waals surface area contributed by atoms with Crippen molar-refractivity contribution >= 4 is 29.1 Å².